The molecule has 0 atom stereocenters. The molecule has 10 heavy (non-hydrogen) atoms. The first-order chi connectivity index (χ1) is 4.90. The molecule has 0 aromatic rings. The highest BCUT2D eigenvalue weighted by Gasteiger charge is 2.08. The fourth-order valence-electron chi connectivity index (χ4n) is 0.880. The maximum Gasteiger partial charge on any atom is 0.133 e. The molecule has 2 N–H and O–H groups in total. The van der Waals surface area contributed by atoms with E-state index in [0.717, 1.165) is 17.0 Å². The summed E-state index contributed by atoms with van der Waals surface area (Å²) >= 11 is 0. The second-order valence-corrected chi connectivity index (χ2v) is 2.02. The van der Waals surface area contributed by atoms with E-state index in [9.17, 15) is 0 Å². The Bertz CT molecular complexity index is 296. The largest absolute Gasteiger partial charge is 0.308 e. The van der Waals surface area contributed by atoms with Crippen LogP contribution in [0, 0.1) is 5.41 Å². The zero-order chi connectivity index (χ0) is 6.97. The molecular weight excluding hydrogens is 130 g/mol. The third-order valence-corrected chi connectivity index (χ3v) is 1.36. The number of rotatable bonds is 1. The predicted octanol–water partition coefficient (Wildman–Crippen LogP) is 1.11. The summed E-state index contributed by atoms with van der Waals surface area (Å²) in [5, 5.41) is 13.2. The summed E-state index contributed by atoms with van der Waals surface area (Å²) < 4.78 is 4.55. The summed E-state index contributed by atoms with van der Waals surface area (Å²) in [6.07, 6.45) is 1.27. The number of aromatic amines is 1. The van der Waals surface area contributed by atoms with Crippen molar-refractivity contribution in [2.24, 2.45) is 0 Å². The average Bonchev–Trinajstić information content (AvgIpc) is 2.42. The number of nitrogens with one attached hydrogen (secondary N) is 2. The molecule has 0 radical (unpaired) electrons. The Balaban J connectivity index is 2.67. The van der Waals surface area contributed by atoms with Crippen LogP contribution in [0.15, 0.2) is 16.8 Å². The van der Waals surface area contributed by atoms with Crippen molar-refractivity contribution in [3.63, 3.8) is 0 Å². The average molecular weight is 135 g/mol. The van der Waals surface area contributed by atoms with E-state index in [0.29, 0.717) is 0 Å². The molecule has 0 aromatic heterocycles. The van der Waals surface area contributed by atoms with Gasteiger partial charge in [-0.15, -0.1) is 0 Å². The summed E-state index contributed by atoms with van der Waals surface area (Å²) in [7, 11) is 0. The fraction of sp³-hybridized carbons (Fsp3) is 0. The maximum atomic E-state index is 6.92. The Hall–Kier alpha value is -1.58. The lowest BCUT2D eigenvalue weighted by molar-refractivity contribution is 0.312. The van der Waals surface area contributed by atoms with Gasteiger partial charge in [-0.3, -0.25) is 4.63 Å². The van der Waals surface area contributed by atoms with Gasteiger partial charge in [0.15, 0.2) is 0 Å². The molecular formula is C6H5N3O. The van der Waals surface area contributed by atoms with Crippen molar-refractivity contribution in [2.45, 2.75) is 0 Å². The summed E-state index contributed by atoms with van der Waals surface area (Å²) in [6, 6.07) is 3.58. The summed E-state index contributed by atoms with van der Waals surface area (Å²) in [5.74, 6) is 0. The van der Waals surface area contributed by atoms with Crippen LogP contribution in [0.3, 0.4) is 0 Å². The van der Waals surface area contributed by atoms with Crippen LogP contribution in [0.4, 0.5) is 0 Å². The Morgan fingerprint density at radius 3 is 3.20 bits per heavy atom. The Morgan fingerprint density at radius 1 is 1.60 bits per heavy atom. The van der Waals surface area contributed by atoms with Gasteiger partial charge in [0.25, 0.3) is 0 Å². The minimum absolute atomic E-state index is 0.763. The molecule has 1 heterocycles. The molecule has 0 saturated heterocycles. The second kappa shape index (κ2) is 1.70. The first-order valence-corrected chi connectivity index (χ1v) is 2.84. The van der Waals surface area contributed by atoms with E-state index < -0.39 is 0 Å². The van der Waals surface area contributed by atoms with Crippen molar-refractivity contribution >= 4 is 6.21 Å². The number of hydrogen-bond donors (Lipinski definition) is 2. The second-order valence-electron chi connectivity index (χ2n) is 2.02. The lowest BCUT2D eigenvalue weighted by Crippen LogP contribution is -1.67. The van der Waals surface area contributed by atoms with Crippen LogP contribution in [-0.2, 0) is 0 Å². The molecule has 1 aliphatic heterocycles. The van der Waals surface area contributed by atoms with Gasteiger partial charge in [0.1, 0.15) is 11.4 Å². The van der Waals surface area contributed by atoms with E-state index in [2.05, 4.69) is 14.9 Å². The van der Waals surface area contributed by atoms with Gasteiger partial charge < -0.3 is 5.41 Å². The maximum absolute atomic E-state index is 6.92. The molecule has 0 unspecified atom stereocenters. The standard InChI is InChI=1S/C6H5N3O/c7-3-4-1-5-6(2-4)9-10-8-5/h1-3,7-8H. The smallest absolute Gasteiger partial charge is 0.133 e. The fourth-order valence-corrected chi connectivity index (χ4v) is 0.880. The molecule has 2 rings (SSSR count). The monoisotopic (exact) mass is 135 g/mol. The third kappa shape index (κ3) is 0.556. The molecule has 0 spiro atoms. The molecule has 4 heteroatoms. The topological polar surface area (TPSA) is 65.7 Å². The quantitative estimate of drug-likeness (QED) is 0.575. The molecule has 0 saturated carbocycles. The SMILES string of the molecule is N=Cc1cc2no[nH]c-2c1. The number of H-pyrrole nitrogens is 1. The van der Waals surface area contributed by atoms with Gasteiger partial charge >= 0.3 is 0 Å². The molecule has 1 aliphatic carbocycles. The number of nitrogens with zero attached hydrogens (tertiary/aromatic N) is 1. The van der Waals surface area contributed by atoms with Crippen LogP contribution in [0.2, 0.25) is 0 Å². The van der Waals surface area contributed by atoms with Crippen molar-refractivity contribution in [3.8, 4) is 11.4 Å². The van der Waals surface area contributed by atoms with Crippen LogP contribution in [0.5, 0.6) is 0 Å². The van der Waals surface area contributed by atoms with E-state index in [1.54, 1.807) is 12.1 Å². The van der Waals surface area contributed by atoms with Crippen molar-refractivity contribution in [1.29, 1.82) is 5.41 Å². The van der Waals surface area contributed by atoms with Gasteiger partial charge in [-0.2, -0.15) is 5.16 Å². The number of hydrogen-bond acceptors (Lipinski definition) is 3. The van der Waals surface area contributed by atoms with Crippen molar-refractivity contribution in [2.75, 3.05) is 0 Å². The van der Waals surface area contributed by atoms with E-state index in [-0.39, 0.29) is 0 Å². The van der Waals surface area contributed by atoms with Crippen LogP contribution < -0.4 is 0 Å². The van der Waals surface area contributed by atoms with Gasteiger partial charge in [-0.1, -0.05) is 5.16 Å². The molecule has 4 nitrogen and oxygen atoms in total. The molecule has 2 aliphatic rings. The van der Waals surface area contributed by atoms with Gasteiger partial charge in [0.2, 0.25) is 0 Å². The Kier molecular flexibility index (Phi) is 0.887. The van der Waals surface area contributed by atoms with Crippen LogP contribution in [0.25, 0.3) is 11.4 Å². The van der Waals surface area contributed by atoms with Crippen LogP contribution in [0.1, 0.15) is 5.56 Å². The van der Waals surface area contributed by atoms with Gasteiger partial charge in [0.05, 0.1) is 0 Å². The minimum atomic E-state index is 0.763. The molecule has 50 valence electrons. The number of fused-ring (bicyclic) bond motifs is 1. The van der Waals surface area contributed by atoms with Crippen LogP contribution in [-0.4, -0.2) is 16.5 Å². The molecule has 0 bridgehead atoms. The summed E-state index contributed by atoms with van der Waals surface area (Å²) in [5.41, 5.74) is 2.43. The minimum Gasteiger partial charge on any atom is -0.308 e. The summed E-state index contributed by atoms with van der Waals surface area (Å²) in [4.78, 5) is 0. The van der Waals surface area contributed by atoms with E-state index >= 15 is 0 Å². The highest BCUT2D eigenvalue weighted by atomic mass is 16.6. The first kappa shape index (κ1) is 5.22. The van der Waals surface area contributed by atoms with E-state index in [1.807, 2.05) is 0 Å². The lowest BCUT2D eigenvalue weighted by atomic mass is 10.4. The van der Waals surface area contributed by atoms with E-state index in [1.165, 1.54) is 6.21 Å². The van der Waals surface area contributed by atoms with Crippen molar-refractivity contribution in [3.05, 3.63) is 17.7 Å². The Morgan fingerprint density at radius 2 is 2.50 bits per heavy atom. The van der Waals surface area contributed by atoms with Crippen molar-refractivity contribution in [1.82, 2.24) is 10.3 Å². The highest BCUT2D eigenvalue weighted by molar-refractivity contribution is 5.82. The first-order valence-electron chi connectivity index (χ1n) is 2.84. The molecule has 0 aromatic carbocycles. The van der Waals surface area contributed by atoms with Gasteiger partial charge in [-0.05, 0) is 17.7 Å². The zero-order valence-corrected chi connectivity index (χ0v) is 5.09. The zero-order valence-electron chi connectivity index (χ0n) is 5.09. The Labute approximate surface area is 56.6 Å². The molecule has 0 amide bonds. The predicted molar refractivity (Wildman–Crippen MR) is 35.4 cm³/mol. The normalized spacial score (nSPS) is 10.4. The van der Waals surface area contributed by atoms with Crippen molar-refractivity contribution < 1.29 is 4.63 Å². The van der Waals surface area contributed by atoms with E-state index in [4.69, 9.17) is 5.41 Å². The van der Waals surface area contributed by atoms with Gasteiger partial charge in [-0.25, -0.2) is 0 Å². The van der Waals surface area contributed by atoms with Gasteiger partial charge in [0, 0.05) is 6.21 Å². The summed E-state index contributed by atoms with van der Waals surface area (Å²) in [6.45, 7) is 0. The highest BCUT2D eigenvalue weighted by Crippen LogP contribution is 2.19. The number of aromatic nitrogens is 2. The third-order valence-electron chi connectivity index (χ3n) is 1.36. The lowest BCUT2D eigenvalue weighted by Gasteiger charge is -1.72. The molecule has 0 fully saturated rings. The van der Waals surface area contributed by atoms with Crippen LogP contribution >= 0.6 is 0 Å².